The SMILES string of the molecule is CCCN(CC(=O)N(Cc1ccc2c(c1)OCO2)Cc1ccco1)C(=O)c1ccccc1. The molecule has 2 heterocycles. The Bertz CT molecular complexity index is 1050. The summed E-state index contributed by atoms with van der Waals surface area (Å²) in [4.78, 5) is 29.7. The number of furan rings is 1. The lowest BCUT2D eigenvalue weighted by Gasteiger charge is -2.27. The number of carbonyl (C=O) groups is 2. The van der Waals surface area contributed by atoms with Gasteiger partial charge in [0.05, 0.1) is 12.8 Å². The molecule has 1 aliphatic heterocycles. The van der Waals surface area contributed by atoms with E-state index in [1.54, 1.807) is 34.3 Å². The molecule has 0 spiro atoms. The van der Waals surface area contributed by atoms with Gasteiger partial charge in [-0.05, 0) is 48.4 Å². The zero-order valence-corrected chi connectivity index (χ0v) is 18.0. The van der Waals surface area contributed by atoms with Gasteiger partial charge in [0.1, 0.15) is 12.3 Å². The summed E-state index contributed by atoms with van der Waals surface area (Å²) in [5, 5.41) is 0. The molecule has 0 unspecified atom stereocenters. The Morgan fingerprint density at radius 3 is 2.47 bits per heavy atom. The molecular weight excluding hydrogens is 408 g/mol. The maximum atomic E-state index is 13.4. The molecule has 7 nitrogen and oxygen atoms in total. The van der Waals surface area contributed by atoms with E-state index in [9.17, 15) is 9.59 Å². The minimum atomic E-state index is -0.156. The van der Waals surface area contributed by atoms with Crippen LogP contribution in [0.5, 0.6) is 11.5 Å². The van der Waals surface area contributed by atoms with Crippen molar-refractivity contribution in [1.29, 1.82) is 0 Å². The van der Waals surface area contributed by atoms with Crippen molar-refractivity contribution in [1.82, 2.24) is 9.80 Å². The van der Waals surface area contributed by atoms with Crippen molar-refractivity contribution < 1.29 is 23.5 Å². The summed E-state index contributed by atoms with van der Waals surface area (Å²) in [6.07, 6.45) is 2.34. The topological polar surface area (TPSA) is 72.2 Å². The molecule has 0 radical (unpaired) electrons. The summed E-state index contributed by atoms with van der Waals surface area (Å²) in [7, 11) is 0. The van der Waals surface area contributed by atoms with Gasteiger partial charge in [0.2, 0.25) is 12.7 Å². The van der Waals surface area contributed by atoms with Gasteiger partial charge in [-0.15, -0.1) is 0 Å². The summed E-state index contributed by atoms with van der Waals surface area (Å²) < 4.78 is 16.3. The second kappa shape index (κ2) is 10.0. The maximum Gasteiger partial charge on any atom is 0.254 e. The number of benzene rings is 2. The van der Waals surface area contributed by atoms with Crippen LogP contribution in [0.1, 0.15) is 35.0 Å². The molecule has 0 N–H and O–H groups in total. The zero-order chi connectivity index (χ0) is 22.3. The summed E-state index contributed by atoms with van der Waals surface area (Å²) in [6.45, 7) is 3.34. The number of hydrogen-bond donors (Lipinski definition) is 0. The van der Waals surface area contributed by atoms with E-state index >= 15 is 0 Å². The minimum Gasteiger partial charge on any atom is -0.467 e. The molecule has 0 atom stereocenters. The molecule has 3 aromatic rings. The third-order valence-corrected chi connectivity index (χ3v) is 5.22. The Morgan fingerprint density at radius 2 is 1.72 bits per heavy atom. The van der Waals surface area contributed by atoms with Crippen LogP contribution in [0.25, 0.3) is 0 Å². The van der Waals surface area contributed by atoms with E-state index in [0.717, 1.165) is 12.0 Å². The molecule has 0 aliphatic carbocycles. The molecule has 7 heteroatoms. The van der Waals surface area contributed by atoms with Crippen LogP contribution in [0.15, 0.2) is 71.3 Å². The fourth-order valence-corrected chi connectivity index (χ4v) is 3.63. The van der Waals surface area contributed by atoms with Crippen LogP contribution in [0.2, 0.25) is 0 Å². The van der Waals surface area contributed by atoms with E-state index in [1.807, 2.05) is 49.4 Å². The smallest absolute Gasteiger partial charge is 0.254 e. The Hall–Kier alpha value is -3.74. The van der Waals surface area contributed by atoms with Gasteiger partial charge in [-0.25, -0.2) is 0 Å². The molecule has 0 bridgehead atoms. The van der Waals surface area contributed by atoms with Gasteiger partial charge < -0.3 is 23.7 Å². The number of hydrogen-bond acceptors (Lipinski definition) is 5. The molecule has 1 aliphatic rings. The van der Waals surface area contributed by atoms with E-state index in [4.69, 9.17) is 13.9 Å². The highest BCUT2D eigenvalue weighted by Crippen LogP contribution is 2.33. The van der Waals surface area contributed by atoms with Gasteiger partial charge in [-0.2, -0.15) is 0 Å². The van der Waals surface area contributed by atoms with Crippen LogP contribution in [0.4, 0.5) is 0 Å². The average Bonchev–Trinajstić information content (AvgIpc) is 3.50. The summed E-state index contributed by atoms with van der Waals surface area (Å²) in [6, 6.07) is 18.3. The second-order valence-corrected chi connectivity index (χ2v) is 7.61. The Balaban J connectivity index is 1.52. The van der Waals surface area contributed by atoms with E-state index in [0.29, 0.717) is 42.5 Å². The molecule has 166 valence electrons. The summed E-state index contributed by atoms with van der Waals surface area (Å²) in [5.41, 5.74) is 1.48. The Kier molecular flexibility index (Phi) is 6.75. The van der Waals surface area contributed by atoms with Gasteiger partial charge in [-0.1, -0.05) is 31.2 Å². The highest BCUT2D eigenvalue weighted by atomic mass is 16.7. The van der Waals surface area contributed by atoms with E-state index in [2.05, 4.69) is 0 Å². The van der Waals surface area contributed by atoms with Crippen LogP contribution in [-0.4, -0.2) is 41.5 Å². The monoisotopic (exact) mass is 434 g/mol. The first-order chi connectivity index (χ1) is 15.6. The third kappa shape index (κ3) is 5.11. The molecule has 0 saturated heterocycles. The number of rotatable bonds is 9. The van der Waals surface area contributed by atoms with Crippen LogP contribution < -0.4 is 9.47 Å². The first-order valence-corrected chi connectivity index (χ1v) is 10.7. The lowest BCUT2D eigenvalue weighted by atomic mass is 10.1. The predicted octanol–water partition coefficient (Wildman–Crippen LogP) is 4.09. The standard InChI is InChI=1S/C25H26N2O5/c1-2-12-26(25(29)20-7-4-3-5-8-20)17-24(28)27(16-21-9-6-13-30-21)15-19-10-11-22-23(14-19)32-18-31-22/h3-11,13-14H,2,12,15-18H2,1H3. The molecular formula is C25H26N2O5. The number of amides is 2. The van der Waals surface area contributed by atoms with Crippen molar-refractivity contribution in [3.63, 3.8) is 0 Å². The van der Waals surface area contributed by atoms with Crippen molar-refractivity contribution in [3.8, 4) is 11.5 Å². The highest BCUT2D eigenvalue weighted by molar-refractivity contribution is 5.96. The molecule has 2 amide bonds. The van der Waals surface area contributed by atoms with E-state index in [-0.39, 0.29) is 25.2 Å². The molecule has 0 saturated carbocycles. The second-order valence-electron chi connectivity index (χ2n) is 7.61. The Morgan fingerprint density at radius 1 is 0.906 bits per heavy atom. The number of carbonyl (C=O) groups excluding carboxylic acids is 2. The highest BCUT2D eigenvalue weighted by Gasteiger charge is 2.23. The lowest BCUT2D eigenvalue weighted by Crippen LogP contribution is -2.42. The number of nitrogens with zero attached hydrogens (tertiary/aromatic N) is 2. The van der Waals surface area contributed by atoms with Crippen molar-refractivity contribution in [2.75, 3.05) is 19.9 Å². The number of fused-ring (bicyclic) bond motifs is 1. The maximum absolute atomic E-state index is 13.4. The van der Waals surface area contributed by atoms with Gasteiger partial charge in [0.25, 0.3) is 5.91 Å². The van der Waals surface area contributed by atoms with Gasteiger partial charge in [0, 0.05) is 18.7 Å². The van der Waals surface area contributed by atoms with Crippen molar-refractivity contribution in [2.24, 2.45) is 0 Å². The molecule has 4 rings (SSSR count). The summed E-state index contributed by atoms with van der Waals surface area (Å²) in [5.74, 6) is 1.73. The summed E-state index contributed by atoms with van der Waals surface area (Å²) >= 11 is 0. The molecule has 1 aromatic heterocycles. The van der Waals surface area contributed by atoms with Crippen molar-refractivity contribution in [2.45, 2.75) is 26.4 Å². The van der Waals surface area contributed by atoms with Crippen molar-refractivity contribution in [3.05, 3.63) is 83.8 Å². The number of ether oxygens (including phenoxy) is 2. The van der Waals surface area contributed by atoms with Crippen LogP contribution in [-0.2, 0) is 17.9 Å². The van der Waals surface area contributed by atoms with E-state index < -0.39 is 0 Å². The average molecular weight is 434 g/mol. The minimum absolute atomic E-state index is 0.00712. The normalized spacial score (nSPS) is 11.9. The van der Waals surface area contributed by atoms with Crippen molar-refractivity contribution >= 4 is 11.8 Å². The zero-order valence-electron chi connectivity index (χ0n) is 18.0. The fourth-order valence-electron chi connectivity index (χ4n) is 3.63. The Labute approximate surface area is 187 Å². The molecule has 2 aromatic carbocycles. The molecule has 0 fully saturated rings. The largest absolute Gasteiger partial charge is 0.467 e. The van der Waals surface area contributed by atoms with E-state index in [1.165, 1.54) is 0 Å². The van der Waals surface area contributed by atoms with Gasteiger partial charge in [-0.3, -0.25) is 9.59 Å². The fraction of sp³-hybridized carbons (Fsp3) is 0.280. The quantitative estimate of drug-likeness (QED) is 0.507. The molecule has 32 heavy (non-hydrogen) atoms. The first-order valence-electron chi connectivity index (χ1n) is 10.7. The van der Waals surface area contributed by atoms with Gasteiger partial charge >= 0.3 is 0 Å². The predicted molar refractivity (Wildman–Crippen MR) is 118 cm³/mol. The van der Waals surface area contributed by atoms with Gasteiger partial charge in [0.15, 0.2) is 11.5 Å². The van der Waals surface area contributed by atoms with Crippen LogP contribution >= 0.6 is 0 Å². The lowest BCUT2D eigenvalue weighted by molar-refractivity contribution is -0.133. The van der Waals surface area contributed by atoms with Crippen LogP contribution in [0.3, 0.4) is 0 Å². The first kappa shape index (κ1) is 21.5. The van der Waals surface area contributed by atoms with Crippen LogP contribution in [0, 0.1) is 0 Å². The third-order valence-electron chi connectivity index (χ3n) is 5.22.